The Bertz CT molecular complexity index is 614. The molecule has 0 unspecified atom stereocenters. The van der Waals surface area contributed by atoms with Crippen LogP contribution in [0.25, 0.3) is 0 Å². The van der Waals surface area contributed by atoms with Gasteiger partial charge in [0, 0.05) is 30.5 Å². The summed E-state index contributed by atoms with van der Waals surface area (Å²) < 4.78 is 0. The number of nitrogens with zero attached hydrogens (tertiary/aromatic N) is 1. The molecule has 1 aliphatic rings. The molecule has 0 radical (unpaired) electrons. The lowest BCUT2D eigenvalue weighted by Crippen LogP contribution is -2.38. The van der Waals surface area contributed by atoms with Crippen LogP contribution in [0.4, 0.5) is 0 Å². The van der Waals surface area contributed by atoms with Gasteiger partial charge in [0.05, 0.1) is 0 Å². The lowest BCUT2D eigenvalue weighted by molar-refractivity contribution is 0.0935. The topological polar surface area (TPSA) is 68.4 Å². The van der Waals surface area contributed by atoms with Gasteiger partial charge in [0.15, 0.2) is 0 Å². The molecular formula is C18H23N3O2. The zero-order chi connectivity index (χ0) is 16.1. The number of benzene rings is 1. The Morgan fingerprint density at radius 3 is 2.61 bits per heavy atom. The van der Waals surface area contributed by atoms with Crippen molar-refractivity contribution in [3.05, 3.63) is 53.9 Å². The minimum absolute atomic E-state index is 0.0705. The molecule has 1 aromatic heterocycles. The SMILES string of the molecule is O=C(NCC1CCN(Cc2ccc[nH]2)CC1)c1ccc(O)cc1. The molecular weight excluding hydrogens is 290 g/mol. The number of rotatable bonds is 5. The van der Waals surface area contributed by atoms with Crippen molar-refractivity contribution >= 4 is 5.91 Å². The first-order chi connectivity index (χ1) is 11.2. The van der Waals surface area contributed by atoms with Gasteiger partial charge in [-0.15, -0.1) is 0 Å². The van der Waals surface area contributed by atoms with E-state index in [1.807, 2.05) is 12.3 Å². The molecule has 3 N–H and O–H groups in total. The first kappa shape index (κ1) is 15.6. The van der Waals surface area contributed by atoms with Crippen LogP contribution in [-0.4, -0.2) is 40.5 Å². The maximum atomic E-state index is 12.1. The number of nitrogens with one attached hydrogen (secondary N) is 2. The Labute approximate surface area is 136 Å². The first-order valence-corrected chi connectivity index (χ1v) is 8.12. The number of carbonyl (C=O) groups is 1. The van der Waals surface area contributed by atoms with Crippen molar-refractivity contribution in [2.24, 2.45) is 5.92 Å². The summed E-state index contributed by atoms with van der Waals surface area (Å²) in [5.41, 5.74) is 1.84. The number of amides is 1. The number of phenols is 1. The molecule has 0 bridgehead atoms. The van der Waals surface area contributed by atoms with E-state index >= 15 is 0 Å². The average Bonchev–Trinajstić information content (AvgIpc) is 3.07. The number of aromatic amines is 1. The number of aromatic nitrogens is 1. The maximum Gasteiger partial charge on any atom is 0.251 e. The van der Waals surface area contributed by atoms with Crippen LogP contribution in [0.2, 0.25) is 0 Å². The van der Waals surface area contributed by atoms with E-state index in [9.17, 15) is 9.90 Å². The average molecular weight is 313 g/mol. The van der Waals surface area contributed by atoms with E-state index in [4.69, 9.17) is 0 Å². The molecule has 1 fully saturated rings. The van der Waals surface area contributed by atoms with Gasteiger partial charge in [-0.2, -0.15) is 0 Å². The predicted octanol–water partition coefficient (Wildman–Crippen LogP) is 2.36. The summed E-state index contributed by atoms with van der Waals surface area (Å²) in [5, 5.41) is 12.3. The Kier molecular flexibility index (Phi) is 4.98. The van der Waals surface area contributed by atoms with Gasteiger partial charge in [-0.1, -0.05) is 0 Å². The molecule has 5 nitrogen and oxygen atoms in total. The molecule has 0 atom stereocenters. The van der Waals surface area contributed by atoms with E-state index in [1.165, 1.54) is 17.8 Å². The molecule has 23 heavy (non-hydrogen) atoms. The highest BCUT2D eigenvalue weighted by molar-refractivity contribution is 5.94. The fraction of sp³-hybridized carbons (Fsp3) is 0.389. The molecule has 0 saturated carbocycles. The molecule has 1 saturated heterocycles. The van der Waals surface area contributed by atoms with E-state index in [1.54, 1.807) is 12.1 Å². The van der Waals surface area contributed by atoms with E-state index in [0.717, 1.165) is 39.0 Å². The number of likely N-dealkylation sites (tertiary alicyclic amines) is 1. The second-order valence-corrected chi connectivity index (χ2v) is 6.17. The summed E-state index contributed by atoms with van der Waals surface area (Å²) >= 11 is 0. The summed E-state index contributed by atoms with van der Waals surface area (Å²) in [7, 11) is 0. The zero-order valence-corrected chi connectivity index (χ0v) is 13.2. The minimum Gasteiger partial charge on any atom is -0.508 e. The number of phenolic OH excluding ortho intramolecular Hbond substituents is 1. The maximum absolute atomic E-state index is 12.1. The number of H-pyrrole nitrogens is 1. The summed E-state index contributed by atoms with van der Waals surface area (Å²) in [6, 6.07) is 10.5. The summed E-state index contributed by atoms with van der Waals surface area (Å²) in [4.78, 5) is 17.8. The molecule has 2 aromatic rings. The Hall–Kier alpha value is -2.27. The molecule has 3 rings (SSSR count). The number of piperidine rings is 1. The third-order valence-corrected chi connectivity index (χ3v) is 4.44. The zero-order valence-electron chi connectivity index (χ0n) is 13.2. The number of carbonyl (C=O) groups excluding carboxylic acids is 1. The van der Waals surface area contributed by atoms with Gasteiger partial charge >= 0.3 is 0 Å². The second-order valence-electron chi connectivity index (χ2n) is 6.17. The second kappa shape index (κ2) is 7.33. The van der Waals surface area contributed by atoms with Crippen LogP contribution >= 0.6 is 0 Å². The normalized spacial score (nSPS) is 16.3. The molecule has 0 spiro atoms. The molecule has 0 aliphatic carbocycles. The lowest BCUT2D eigenvalue weighted by Gasteiger charge is -2.31. The van der Waals surface area contributed by atoms with Gasteiger partial charge in [-0.05, 0) is 68.2 Å². The van der Waals surface area contributed by atoms with Crippen LogP contribution in [0.5, 0.6) is 5.75 Å². The van der Waals surface area contributed by atoms with Crippen molar-refractivity contribution < 1.29 is 9.90 Å². The van der Waals surface area contributed by atoms with Crippen LogP contribution in [0.1, 0.15) is 28.9 Å². The first-order valence-electron chi connectivity index (χ1n) is 8.12. The molecule has 2 heterocycles. The summed E-state index contributed by atoms with van der Waals surface area (Å²) in [6.45, 7) is 3.83. The van der Waals surface area contributed by atoms with Crippen molar-refractivity contribution in [1.29, 1.82) is 0 Å². The quantitative estimate of drug-likeness (QED) is 0.794. The Morgan fingerprint density at radius 1 is 1.22 bits per heavy atom. The smallest absolute Gasteiger partial charge is 0.251 e. The van der Waals surface area contributed by atoms with Gasteiger partial charge in [0.25, 0.3) is 5.91 Å². The van der Waals surface area contributed by atoms with Crippen LogP contribution in [0.15, 0.2) is 42.6 Å². The highest BCUT2D eigenvalue weighted by Crippen LogP contribution is 2.18. The molecule has 1 aromatic carbocycles. The van der Waals surface area contributed by atoms with Crippen LogP contribution in [0.3, 0.4) is 0 Å². The van der Waals surface area contributed by atoms with Crippen LogP contribution in [-0.2, 0) is 6.54 Å². The van der Waals surface area contributed by atoms with Crippen molar-refractivity contribution in [2.75, 3.05) is 19.6 Å². The van der Waals surface area contributed by atoms with Gasteiger partial charge in [-0.3, -0.25) is 9.69 Å². The van der Waals surface area contributed by atoms with Crippen molar-refractivity contribution in [2.45, 2.75) is 19.4 Å². The molecule has 1 aliphatic heterocycles. The van der Waals surface area contributed by atoms with E-state index in [0.29, 0.717) is 11.5 Å². The van der Waals surface area contributed by atoms with E-state index in [-0.39, 0.29) is 11.7 Å². The van der Waals surface area contributed by atoms with Crippen LogP contribution < -0.4 is 5.32 Å². The van der Waals surface area contributed by atoms with Gasteiger partial charge in [0.1, 0.15) is 5.75 Å². The molecule has 5 heteroatoms. The van der Waals surface area contributed by atoms with Crippen molar-refractivity contribution in [3.63, 3.8) is 0 Å². The van der Waals surface area contributed by atoms with Crippen molar-refractivity contribution in [1.82, 2.24) is 15.2 Å². The molecule has 122 valence electrons. The lowest BCUT2D eigenvalue weighted by atomic mass is 9.96. The third kappa shape index (κ3) is 4.36. The fourth-order valence-corrected chi connectivity index (χ4v) is 3.01. The van der Waals surface area contributed by atoms with Gasteiger partial charge in [-0.25, -0.2) is 0 Å². The van der Waals surface area contributed by atoms with Gasteiger partial charge < -0.3 is 15.4 Å². The van der Waals surface area contributed by atoms with Gasteiger partial charge in [0.2, 0.25) is 0 Å². The Morgan fingerprint density at radius 2 is 1.96 bits per heavy atom. The monoisotopic (exact) mass is 313 g/mol. The number of hydrogen-bond donors (Lipinski definition) is 3. The standard InChI is InChI=1S/C18H23N3O2/c22-17-5-3-15(4-6-17)18(23)20-12-14-7-10-21(11-8-14)13-16-2-1-9-19-16/h1-6,9,14,19,22H,7-8,10-13H2,(H,20,23). The van der Waals surface area contributed by atoms with E-state index in [2.05, 4.69) is 21.3 Å². The van der Waals surface area contributed by atoms with E-state index < -0.39 is 0 Å². The predicted molar refractivity (Wildman–Crippen MR) is 89.2 cm³/mol. The largest absolute Gasteiger partial charge is 0.508 e. The number of aromatic hydroxyl groups is 1. The fourth-order valence-electron chi connectivity index (χ4n) is 3.01. The third-order valence-electron chi connectivity index (χ3n) is 4.44. The highest BCUT2D eigenvalue weighted by Gasteiger charge is 2.20. The van der Waals surface area contributed by atoms with Crippen LogP contribution in [0, 0.1) is 5.92 Å². The Balaban J connectivity index is 1.40. The summed E-state index contributed by atoms with van der Waals surface area (Å²) in [5.74, 6) is 0.644. The molecule has 1 amide bonds. The highest BCUT2D eigenvalue weighted by atomic mass is 16.3. The minimum atomic E-state index is -0.0705. The van der Waals surface area contributed by atoms with Crippen molar-refractivity contribution in [3.8, 4) is 5.75 Å². The summed E-state index contributed by atoms with van der Waals surface area (Å²) in [6.07, 6.45) is 4.17. The number of hydrogen-bond acceptors (Lipinski definition) is 3.